The van der Waals surface area contributed by atoms with Gasteiger partial charge < -0.3 is 0 Å². The number of rotatable bonds is 2. The maximum Gasteiger partial charge on any atom is 0.0920 e. The van der Waals surface area contributed by atoms with Gasteiger partial charge in [0.1, 0.15) is 0 Å². The van der Waals surface area contributed by atoms with Gasteiger partial charge in [-0.1, -0.05) is 42.1 Å². The number of thiol groups is 2. The molecule has 0 N–H and O–H groups in total. The van der Waals surface area contributed by atoms with E-state index in [1.807, 2.05) is 30.3 Å². The van der Waals surface area contributed by atoms with E-state index in [0.717, 1.165) is 5.30 Å². The molecule has 1 rings (SSSR count). The molecular weight excluding hydrogens is 231 g/mol. The van der Waals surface area contributed by atoms with Gasteiger partial charge in [-0.2, -0.15) is 0 Å². The van der Waals surface area contributed by atoms with Crippen LogP contribution in [-0.4, -0.2) is 0 Å². The second-order valence-electron chi connectivity index (χ2n) is 1.94. The number of hydrogen-bond donors (Lipinski definition) is 2. The Hall–Kier alpha value is 0.920. The third kappa shape index (κ3) is 2.71. The summed E-state index contributed by atoms with van der Waals surface area (Å²) in [5, 5.41) is 1.11. The molecule has 0 saturated carbocycles. The minimum absolute atomic E-state index is 1.11. The lowest BCUT2D eigenvalue weighted by Crippen LogP contribution is -1.94. The molecule has 0 saturated heterocycles. The van der Waals surface area contributed by atoms with Crippen LogP contribution in [0.15, 0.2) is 30.3 Å². The van der Waals surface area contributed by atoms with Gasteiger partial charge in [-0.05, 0) is 10.4 Å². The summed E-state index contributed by atoms with van der Waals surface area (Å²) < 4.78 is -1.72. The molecule has 1 atom stereocenters. The third-order valence-electron chi connectivity index (χ3n) is 1.19. The Labute approximate surface area is 85.9 Å². The van der Waals surface area contributed by atoms with Crippen molar-refractivity contribution in [3.63, 3.8) is 0 Å². The van der Waals surface area contributed by atoms with Crippen molar-refractivity contribution < 1.29 is 0 Å². The summed E-state index contributed by atoms with van der Waals surface area (Å²) in [7, 11) is 1.36. The lowest BCUT2D eigenvalue weighted by atomic mass is 10.4. The van der Waals surface area contributed by atoms with Crippen LogP contribution in [0, 0.1) is 0 Å². The van der Waals surface area contributed by atoms with E-state index in [4.69, 9.17) is 11.8 Å². The first-order valence-electron chi connectivity index (χ1n) is 2.88. The van der Waals surface area contributed by atoms with Crippen molar-refractivity contribution in [2.24, 2.45) is 0 Å². The van der Waals surface area contributed by atoms with Gasteiger partial charge in [0.15, 0.2) is 0 Å². The highest BCUT2D eigenvalue weighted by Crippen LogP contribution is 2.63. The van der Waals surface area contributed by atoms with Crippen molar-refractivity contribution in [1.82, 2.24) is 0 Å². The highest BCUT2D eigenvalue weighted by Gasteiger charge is 2.11. The first kappa shape index (κ1) is 10.0. The minimum atomic E-state index is -1.72. The van der Waals surface area contributed by atoms with Gasteiger partial charge in [0.05, 0.1) is 4.44 Å². The normalized spacial score (nSPS) is 15.8. The zero-order valence-electron chi connectivity index (χ0n) is 5.54. The Morgan fingerprint density at radius 3 is 2.27 bits per heavy atom. The van der Waals surface area contributed by atoms with E-state index >= 15 is 0 Å². The van der Waals surface area contributed by atoms with E-state index in [0.29, 0.717) is 0 Å². The smallest absolute Gasteiger partial charge is 0.0920 e. The van der Waals surface area contributed by atoms with Crippen molar-refractivity contribution >= 4 is 55.9 Å². The molecular formula is C6H7PS4. The molecule has 0 amide bonds. The van der Waals surface area contributed by atoms with Crippen molar-refractivity contribution in [2.45, 2.75) is 0 Å². The van der Waals surface area contributed by atoms with Gasteiger partial charge in [-0.3, -0.25) is 0 Å². The second-order valence-corrected chi connectivity index (χ2v) is 13.0. The maximum atomic E-state index is 5.27. The SMILES string of the molecule is S=P(S)(SS)c1ccccc1. The van der Waals surface area contributed by atoms with Gasteiger partial charge >= 0.3 is 0 Å². The predicted octanol–water partition coefficient (Wildman–Crippen LogP) is 3.13. The second kappa shape index (κ2) is 4.24. The van der Waals surface area contributed by atoms with Gasteiger partial charge in [-0.15, -0.1) is 23.9 Å². The lowest BCUT2D eigenvalue weighted by Gasteiger charge is -2.10. The zero-order valence-corrected chi connectivity index (χ0v) is 9.86. The molecule has 0 nitrogen and oxygen atoms in total. The number of benzene rings is 1. The van der Waals surface area contributed by atoms with Crippen molar-refractivity contribution in [1.29, 1.82) is 0 Å². The lowest BCUT2D eigenvalue weighted by molar-refractivity contribution is 1.78. The van der Waals surface area contributed by atoms with Crippen LogP contribution in [0.5, 0.6) is 0 Å². The molecule has 0 fully saturated rings. The Bertz CT molecular complexity index is 271. The molecule has 1 aromatic carbocycles. The Balaban J connectivity index is 3.03. The van der Waals surface area contributed by atoms with E-state index in [1.54, 1.807) is 0 Å². The van der Waals surface area contributed by atoms with Crippen LogP contribution in [0.2, 0.25) is 0 Å². The average Bonchev–Trinajstić information content (AvgIpc) is 2.06. The topological polar surface area (TPSA) is 0 Å². The van der Waals surface area contributed by atoms with Crippen LogP contribution in [-0.2, 0) is 11.8 Å². The molecule has 1 aromatic rings. The summed E-state index contributed by atoms with van der Waals surface area (Å²) >= 11 is 13.8. The maximum absolute atomic E-state index is 5.27. The van der Waals surface area contributed by atoms with Crippen LogP contribution in [0.4, 0.5) is 0 Å². The molecule has 0 aliphatic rings. The molecule has 0 aromatic heterocycles. The highest BCUT2D eigenvalue weighted by molar-refractivity contribution is 9.15. The molecule has 5 heteroatoms. The molecule has 0 aliphatic carbocycles. The standard InChI is InChI=1S/C6H7PS4/c8-7(9,11-10)6-4-2-1-3-5-6/h1-5,10H,(H,8,9). The highest BCUT2D eigenvalue weighted by atomic mass is 33.5. The number of hydrogen-bond acceptors (Lipinski definition) is 3. The van der Waals surface area contributed by atoms with Crippen molar-refractivity contribution in [3.05, 3.63) is 30.3 Å². The molecule has 0 aliphatic heterocycles. The van der Waals surface area contributed by atoms with Gasteiger partial charge in [0.25, 0.3) is 0 Å². The molecule has 0 bridgehead atoms. The van der Waals surface area contributed by atoms with Crippen LogP contribution in [0.3, 0.4) is 0 Å². The molecule has 0 spiro atoms. The van der Waals surface area contributed by atoms with Crippen LogP contribution < -0.4 is 5.30 Å². The first-order valence-corrected chi connectivity index (χ1v) is 9.31. The monoisotopic (exact) mass is 238 g/mol. The summed E-state index contributed by atoms with van der Waals surface area (Å²) in [5.41, 5.74) is 0. The first-order chi connectivity index (χ1) is 5.17. The average molecular weight is 238 g/mol. The van der Waals surface area contributed by atoms with Gasteiger partial charge in [0.2, 0.25) is 0 Å². The van der Waals surface area contributed by atoms with E-state index in [1.165, 1.54) is 10.4 Å². The largest absolute Gasteiger partial charge is 0.126 e. The van der Waals surface area contributed by atoms with Crippen LogP contribution >= 0.6 is 38.8 Å². The molecule has 11 heavy (non-hydrogen) atoms. The summed E-state index contributed by atoms with van der Waals surface area (Å²) in [6.07, 6.45) is 0. The Morgan fingerprint density at radius 1 is 1.27 bits per heavy atom. The fourth-order valence-electron chi connectivity index (χ4n) is 0.664. The van der Waals surface area contributed by atoms with Crippen LogP contribution in [0.1, 0.15) is 0 Å². The third-order valence-corrected chi connectivity index (χ3v) is 10.8. The Morgan fingerprint density at radius 2 is 1.82 bits per heavy atom. The summed E-state index contributed by atoms with van der Waals surface area (Å²) in [6, 6.07) is 9.90. The van der Waals surface area contributed by atoms with E-state index in [9.17, 15) is 0 Å². The van der Waals surface area contributed by atoms with E-state index < -0.39 is 4.44 Å². The molecule has 60 valence electrons. The molecule has 1 unspecified atom stereocenters. The van der Waals surface area contributed by atoms with E-state index in [2.05, 4.69) is 23.9 Å². The van der Waals surface area contributed by atoms with Crippen LogP contribution in [0.25, 0.3) is 0 Å². The summed E-state index contributed by atoms with van der Waals surface area (Å²) in [4.78, 5) is 0. The van der Waals surface area contributed by atoms with Crippen molar-refractivity contribution in [2.75, 3.05) is 0 Å². The Kier molecular flexibility index (Phi) is 3.86. The van der Waals surface area contributed by atoms with Crippen molar-refractivity contribution in [3.8, 4) is 0 Å². The minimum Gasteiger partial charge on any atom is -0.126 e. The fraction of sp³-hybridized carbons (Fsp3) is 0. The predicted molar refractivity (Wildman–Crippen MR) is 65.9 cm³/mol. The summed E-state index contributed by atoms with van der Waals surface area (Å²) in [5.74, 6) is 0. The van der Waals surface area contributed by atoms with Gasteiger partial charge in [-0.25, -0.2) is 0 Å². The quantitative estimate of drug-likeness (QED) is 0.461. The van der Waals surface area contributed by atoms with Gasteiger partial charge in [0, 0.05) is 5.30 Å². The summed E-state index contributed by atoms with van der Waals surface area (Å²) in [6.45, 7) is 0. The zero-order chi connectivity index (χ0) is 8.32. The molecule has 0 heterocycles. The van der Waals surface area contributed by atoms with E-state index in [-0.39, 0.29) is 0 Å². The fourth-order valence-corrected chi connectivity index (χ4v) is 3.57. The molecule has 0 radical (unpaired) electrons.